The van der Waals surface area contributed by atoms with Crippen LogP contribution in [0, 0.1) is 5.82 Å². The molecule has 0 unspecified atom stereocenters. The van der Waals surface area contributed by atoms with Crippen LogP contribution < -0.4 is 10.7 Å². The molecule has 0 fully saturated rings. The maximum Gasteiger partial charge on any atom is 0.359 e. The Morgan fingerprint density at radius 1 is 1.26 bits per heavy atom. The Hall–Kier alpha value is -2.74. The third-order valence-electron chi connectivity index (χ3n) is 2.79. The lowest BCUT2D eigenvalue weighted by atomic mass is 10.2. The minimum Gasteiger partial charge on any atom is -0.461 e. The zero-order chi connectivity index (χ0) is 16.8. The topological polar surface area (TPSA) is 72.4 Å². The van der Waals surface area contributed by atoms with Gasteiger partial charge in [0.2, 0.25) is 0 Å². The largest absolute Gasteiger partial charge is 0.461 e. The van der Waals surface area contributed by atoms with Crippen molar-refractivity contribution in [3.8, 4) is 0 Å². The van der Waals surface area contributed by atoms with Gasteiger partial charge in [0.15, 0.2) is 16.6 Å². The number of esters is 1. The molecule has 1 heterocycles. The van der Waals surface area contributed by atoms with Gasteiger partial charge in [-0.05, 0) is 37.3 Å². The van der Waals surface area contributed by atoms with Crippen LogP contribution >= 0.6 is 12.2 Å². The minimum atomic E-state index is -0.834. The van der Waals surface area contributed by atoms with Crippen molar-refractivity contribution >= 4 is 29.2 Å². The predicted octanol–water partition coefficient (Wildman–Crippen LogP) is 2.06. The molecule has 2 rings (SSSR count). The average Bonchev–Trinajstić information content (AvgIpc) is 2.88. The van der Waals surface area contributed by atoms with Gasteiger partial charge in [0.05, 0.1) is 6.61 Å². The molecule has 0 spiro atoms. The van der Waals surface area contributed by atoms with Crippen LogP contribution in [0.15, 0.2) is 42.6 Å². The normalized spacial score (nSPS) is 10.0. The summed E-state index contributed by atoms with van der Waals surface area (Å²) in [5.41, 5.74) is 2.63. The molecule has 0 saturated heterocycles. The monoisotopic (exact) mass is 335 g/mol. The van der Waals surface area contributed by atoms with Crippen molar-refractivity contribution in [2.75, 3.05) is 12.0 Å². The number of amides is 1. The van der Waals surface area contributed by atoms with Crippen LogP contribution in [0.2, 0.25) is 0 Å². The van der Waals surface area contributed by atoms with E-state index in [1.54, 1.807) is 37.3 Å². The average molecular weight is 335 g/mol. The van der Waals surface area contributed by atoms with E-state index in [-0.39, 0.29) is 17.4 Å². The van der Waals surface area contributed by atoms with Gasteiger partial charge in [-0.25, -0.2) is 9.18 Å². The number of ether oxygens (including phenoxy) is 1. The summed E-state index contributed by atoms with van der Waals surface area (Å²) in [6.45, 7) is 1.72. The maximum absolute atomic E-state index is 13.7. The first-order valence-electron chi connectivity index (χ1n) is 6.74. The second kappa shape index (κ2) is 7.50. The fourth-order valence-electron chi connectivity index (χ4n) is 1.80. The zero-order valence-corrected chi connectivity index (χ0v) is 13.0. The Morgan fingerprint density at radius 3 is 2.61 bits per heavy atom. The molecular weight excluding hydrogens is 321 g/mol. The number of aromatic nitrogens is 1. The maximum atomic E-state index is 13.7. The minimum absolute atomic E-state index is 0.0833. The van der Waals surface area contributed by atoms with E-state index in [9.17, 15) is 14.0 Å². The van der Waals surface area contributed by atoms with Crippen molar-refractivity contribution in [1.82, 2.24) is 9.99 Å². The van der Waals surface area contributed by atoms with Gasteiger partial charge in [-0.3, -0.25) is 20.2 Å². The van der Waals surface area contributed by atoms with Crippen LogP contribution in [0.25, 0.3) is 0 Å². The first-order chi connectivity index (χ1) is 11.0. The number of hydrogen-bond donors (Lipinski definition) is 2. The smallest absolute Gasteiger partial charge is 0.359 e. The summed E-state index contributed by atoms with van der Waals surface area (Å²) in [6, 6.07) is 9.54. The highest BCUT2D eigenvalue weighted by molar-refractivity contribution is 7.80. The Bertz CT molecular complexity index is 731. The molecule has 0 atom stereocenters. The van der Waals surface area contributed by atoms with E-state index in [2.05, 4.69) is 10.7 Å². The highest BCUT2D eigenvalue weighted by atomic mass is 32.1. The van der Waals surface area contributed by atoms with E-state index in [1.807, 2.05) is 0 Å². The highest BCUT2D eigenvalue weighted by Gasteiger charge is 2.19. The van der Waals surface area contributed by atoms with Crippen molar-refractivity contribution in [3.63, 3.8) is 0 Å². The summed E-state index contributed by atoms with van der Waals surface area (Å²) in [5, 5.41) is 2.35. The fourth-order valence-corrected chi connectivity index (χ4v) is 1.99. The number of nitrogens with one attached hydrogen (secondary N) is 2. The lowest BCUT2D eigenvalue weighted by molar-refractivity contribution is 0.0510. The molecule has 0 bridgehead atoms. The summed E-state index contributed by atoms with van der Waals surface area (Å²) in [7, 11) is 0. The van der Waals surface area contributed by atoms with E-state index >= 15 is 0 Å². The summed E-state index contributed by atoms with van der Waals surface area (Å²) in [5.74, 6) is -2.01. The van der Waals surface area contributed by atoms with Crippen LogP contribution in [-0.2, 0) is 4.74 Å². The molecule has 1 aromatic heterocycles. The van der Waals surface area contributed by atoms with Crippen molar-refractivity contribution < 1.29 is 18.7 Å². The molecule has 8 heteroatoms. The van der Waals surface area contributed by atoms with Crippen LogP contribution in [0.5, 0.6) is 0 Å². The van der Waals surface area contributed by atoms with Gasteiger partial charge in [-0.1, -0.05) is 18.2 Å². The Labute approximate surface area is 137 Å². The summed E-state index contributed by atoms with van der Waals surface area (Å²) >= 11 is 4.99. The number of nitrogens with zero attached hydrogens (tertiary/aromatic N) is 1. The lowest BCUT2D eigenvalue weighted by Crippen LogP contribution is -2.38. The number of halogens is 1. The molecule has 6 nitrogen and oxygen atoms in total. The van der Waals surface area contributed by atoms with Crippen LogP contribution in [0.3, 0.4) is 0 Å². The van der Waals surface area contributed by atoms with Crippen LogP contribution in [-0.4, -0.2) is 28.3 Å². The second-order valence-corrected chi connectivity index (χ2v) is 4.77. The molecule has 0 aliphatic heterocycles. The molecule has 23 heavy (non-hydrogen) atoms. The van der Waals surface area contributed by atoms with Gasteiger partial charge in [0.1, 0.15) is 0 Å². The SMILES string of the molecule is CCOC(=O)c1c(F)ccn1NC(=S)NC(=O)c1ccccc1. The molecule has 1 aromatic carbocycles. The van der Waals surface area contributed by atoms with Gasteiger partial charge < -0.3 is 4.74 Å². The van der Waals surface area contributed by atoms with Crippen molar-refractivity contribution in [1.29, 1.82) is 0 Å². The second-order valence-electron chi connectivity index (χ2n) is 4.36. The van der Waals surface area contributed by atoms with E-state index in [4.69, 9.17) is 17.0 Å². The first kappa shape index (κ1) is 16.6. The number of hydrogen-bond acceptors (Lipinski definition) is 4. The predicted molar refractivity (Wildman–Crippen MR) is 86.2 cm³/mol. The summed E-state index contributed by atoms with van der Waals surface area (Å²) in [6.07, 6.45) is 1.27. The van der Waals surface area contributed by atoms with E-state index in [0.717, 1.165) is 10.7 Å². The van der Waals surface area contributed by atoms with Crippen molar-refractivity contribution in [2.24, 2.45) is 0 Å². The Balaban J connectivity index is 2.06. The van der Waals surface area contributed by atoms with Crippen molar-refractivity contribution in [3.05, 3.63) is 59.7 Å². The Morgan fingerprint density at radius 2 is 1.96 bits per heavy atom. The first-order valence-corrected chi connectivity index (χ1v) is 7.15. The standard InChI is InChI=1S/C15H14FN3O3S/c1-2-22-14(21)12-11(16)8-9-19(12)18-15(23)17-13(20)10-6-4-3-5-7-10/h3-9H,2H2,1H3,(H2,17,18,20,23). The van der Waals surface area contributed by atoms with Gasteiger partial charge in [-0.2, -0.15) is 0 Å². The molecule has 0 aliphatic carbocycles. The van der Waals surface area contributed by atoms with E-state index in [1.165, 1.54) is 6.20 Å². The Kier molecular flexibility index (Phi) is 5.42. The van der Waals surface area contributed by atoms with Gasteiger partial charge in [0, 0.05) is 11.8 Å². The van der Waals surface area contributed by atoms with E-state index in [0.29, 0.717) is 5.56 Å². The molecule has 0 saturated carbocycles. The molecular formula is C15H14FN3O3S. The molecule has 1 amide bonds. The van der Waals surface area contributed by atoms with E-state index < -0.39 is 17.7 Å². The quantitative estimate of drug-likeness (QED) is 0.661. The number of carbonyl (C=O) groups excluding carboxylic acids is 2. The third kappa shape index (κ3) is 4.13. The molecule has 2 aromatic rings. The van der Waals surface area contributed by atoms with Crippen molar-refractivity contribution in [2.45, 2.75) is 6.92 Å². The fraction of sp³-hybridized carbons (Fsp3) is 0.133. The molecule has 120 valence electrons. The zero-order valence-electron chi connectivity index (χ0n) is 12.2. The number of thiocarbonyl (C=S) groups is 1. The third-order valence-corrected chi connectivity index (χ3v) is 2.98. The number of benzene rings is 1. The van der Waals surface area contributed by atoms with Crippen LogP contribution in [0.1, 0.15) is 27.8 Å². The summed E-state index contributed by atoms with van der Waals surface area (Å²) < 4.78 is 19.5. The lowest BCUT2D eigenvalue weighted by Gasteiger charge is -2.13. The molecule has 2 N–H and O–H groups in total. The van der Waals surface area contributed by atoms with Crippen LogP contribution in [0.4, 0.5) is 4.39 Å². The highest BCUT2D eigenvalue weighted by Crippen LogP contribution is 2.09. The number of rotatable bonds is 4. The summed E-state index contributed by atoms with van der Waals surface area (Å²) in [4.78, 5) is 23.7. The molecule has 0 radical (unpaired) electrons. The van der Waals surface area contributed by atoms with Gasteiger partial charge >= 0.3 is 5.97 Å². The molecule has 0 aliphatic rings. The van der Waals surface area contributed by atoms with Gasteiger partial charge in [-0.15, -0.1) is 0 Å². The van der Waals surface area contributed by atoms with Gasteiger partial charge in [0.25, 0.3) is 5.91 Å². The number of carbonyl (C=O) groups is 2.